The smallest absolute Gasteiger partial charge is 0.256 e. The van der Waals surface area contributed by atoms with Gasteiger partial charge in [0.25, 0.3) is 5.91 Å². The molecule has 1 aliphatic heterocycles. The molecule has 0 unspecified atom stereocenters. The van der Waals surface area contributed by atoms with Crippen molar-refractivity contribution >= 4 is 26.8 Å². The number of aryl methyl sites for hydroxylation is 1. The van der Waals surface area contributed by atoms with Crippen molar-refractivity contribution in [1.82, 2.24) is 19.1 Å². The Bertz CT molecular complexity index is 1070. The van der Waals surface area contributed by atoms with Crippen LogP contribution in [0.3, 0.4) is 0 Å². The Hall–Kier alpha value is -2.23. The first kappa shape index (κ1) is 21.5. The summed E-state index contributed by atoms with van der Waals surface area (Å²) in [5.41, 5.74) is 0.170. The van der Waals surface area contributed by atoms with E-state index in [-0.39, 0.29) is 15.8 Å². The molecule has 0 bridgehead atoms. The number of fused-ring (bicyclic) bond motifs is 1. The Morgan fingerprint density at radius 1 is 1.21 bits per heavy atom. The number of aromatic nitrogens is 1. The molecule has 1 aliphatic rings. The lowest BCUT2D eigenvalue weighted by Gasteiger charge is -2.16. The summed E-state index contributed by atoms with van der Waals surface area (Å²) in [5, 5.41) is 3.05. The van der Waals surface area contributed by atoms with Crippen LogP contribution in [-0.4, -0.2) is 68.4 Å². The highest BCUT2D eigenvalue weighted by atomic mass is 32.2. The fraction of sp³-hybridized carbons (Fsp3) is 0.500. The second kappa shape index (κ2) is 8.64. The summed E-state index contributed by atoms with van der Waals surface area (Å²) in [6.07, 6.45) is 3.91. The summed E-state index contributed by atoms with van der Waals surface area (Å²) in [5.74, 6) is -0.431. The molecule has 1 amide bonds. The Kier molecular flexibility index (Phi) is 6.40. The van der Waals surface area contributed by atoms with Gasteiger partial charge in [0.15, 0.2) is 0 Å². The van der Waals surface area contributed by atoms with E-state index in [2.05, 4.69) is 10.2 Å². The molecular weight excluding hydrogens is 392 g/mol. The molecule has 158 valence electrons. The second-order valence-electron chi connectivity index (χ2n) is 7.43. The average Bonchev–Trinajstić information content (AvgIpc) is 3.21. The van der Waals surface area contributed by atoms with Gasteiger partial charge in [-0.3, -0.25) is 9.59 Å². The predicted molar refractivity (Wildman–Crippen MR) is 113 cm³/mol. The molecule has 0 radical (unpaired) electrons. The maximum Gasteiger partial charge on any atom is 0.256 e. The first-order valence-electron chi connectivity index (χ1n) is 9.86. The molecule has 0 saturated carbocycles. The van der Waals surface area contributed by atoms with E-state index in [1.165, 1.54) is 39.1 Å². The maximum atomic E-state index is 13.0. The SMILES string of the molecule is CCn1cc(C(=O)NCCN2CCCC2)c(=O)c2cc(S(=O)(=O)N(C)C)ccc21. The van der Waals surface area contributed by atoms with E-state index in [1.54, 1.807) is 16.8 Å². The molecule has 1 fully saturated rings. The van der Waals surface area contributed by atoms with Gasteiger partial charge in [0, 0.05) is 45.3 Å². The predicted octanol–water partition coefficient (Wildman–Crippen LogP) is 1.10. The van der Waals surface area contributed by atoms with Crippen molar-refractivity contribution in [3.8, 4) is 0 Å². The second-order valence-corrected chi connectivity index (χ2v) is 9.58. The largest absolute Gasteiger partial charge is 0.351 e. The molecule has 2 heterocycles. The zero-order valence-corrected chi connectivity index (χ0v) is 18.0. The molecule has 29 heavy (non-hydrogen) atoms. The van der Waals surface area contributed by atoms with E-state index in [0.717, 1.165) is 23.9 Å². The molecule has 0 spiro atoms. The van der Waals surface area contributed by atoms with Crippen LogP contribution in [0.2, 0.25) is 0 Å². The van der Waals surface area contributed by atoms with Crippen LogP contribution in [0.25, 0.3) is 10.9 Å². The molecule has 1 aromatic carbocycles. The molecule has 8 nitrogen and oxygen atoms in total. The first-order valence-corrected chi connectivity index (χ1v) is 11.3. The van der Waals surface area contributed by atoms with E-state index in [1.807, 2.05) is 6.92 Å². The molecule has 1 saturated heterocycles. The number of hydrogen-bond donors (Lipinski definition) is 1. The minimum Gasteiger partial charge on any atom is -0.351 e. The third kappa shape index (κ3) is 4.36. The van der Waals surface area contributed by atoms with Gasteiger partial charge >= 0.3 is 0 Å². The molecule has 0 atom stereocenters. The normalized spacial score (nSPS) is 15.3. The van der Waals surface area contributed by atoms with Crippen molar-refractivity contribution < 1.29 is 13.2 Å². The van der Waals surface area contributed by atoms with Gasteiger partial charge in [0.1, 0.15) is 5.56 Å². The fourth-order valence-corrected chi connectivity index (χ4v) is 4.53. The van der Waals surface area contributed by atoms with Gasteiger partial charge in [0.05, 0.1) is 10.4 Å². The molecule has 1 N–H and O–H groups in total. The highest BCUT2D eigenvalue weighted by molar-refractivity contribution is 7.89. The summed E-state index contributed by atoms with van der Waals surface area (Å²) in [4.78, 5) is 28.0. The van der Waals surface area contributed by atoms with Crippen LogP contribution >= 0.6 is 0 Å². The Labute approximate surface area is 171 Å². The number of benzene rings is 1. The summed E-state index contributed by atoms with van der Waals surface area (Å²) in [7, 11) is -0.805. The number of carbonyl (C=O) groups excluding carboxylic acids is 1. The monoisotopic (exact) mass is 420 g/mol. The molecule has 2 aromatic rings. The zero-order valence-electron chi connectivity index (χ0n) is 17.1. The van der Waals surface area contributed by atoms with Crippen molar-refractivity contribution in [2.75, 3.05) is 40.3 Å². The van der Waals surface area contributed by atoms with Crippen molar-refractivity contribution in [3.05, 3.63) is 40.2 Å². The van der Waals surface area contributed by atoms with Gasteiger partial charge in [-0.15, -0.1) is 0 Å². The van der Waals surface area contributed by atoms with Crippen molar-refractivity contribution in [1.29, 1.82) is 0 Å². The van der Waals surface area contributed by atoms with Gasteiger partial charge in [-0.2, -0.15) is 0 Å². The minimum absolute atomic E-state index is 0.0279. The third-order valence-corrected chi connectivity index (χ3v) is 7.14. The highest BCUT2D eigenvalue weighted by Gasteiger charge is 2.21. The number of carbonyl (C=O) groups is 1. The minimum atomic E-state index is -3.68. The standard InChI is InChI=1S/C20H28N4O4S/c1-4-24-14-17(20(26)21-9-12-23-10-5-6-11-23)19(25)16-13-15(7-8-18(16)24)29(27,28)22(2)3/h7-8,13-14H,4-6,9-12H2,1-3H3,(H,21,26). The van der Waals surface area contributed by atoms with Gasteiger partial charge in [-0.1, -0.05) is 0 Å². The van der Waals surface area contributed by atoms with E-state index in [4.69, 9.17) is 0 Å². The zero-order chi connectivity index (χ0) is 21.2. The van der Waals surface area contributed by atoms with Crippen LogP contribution in [0.15, 0.2) is 34.1 Å². The first-order chi connectivity index (χ1) is 13.8. The van der Waals surface area contributed by atoms with Crippen molar-refractivity contribution in [2.45, 2.75) is 31.2 Å². The molecule has 1 aromatic heterocycles. The lowest BCUT2D eigenvalue weighted by atomic mass is 10.1. The lowest BCUT2D eigenvalue weighted by molar-refractivity contribution is 0.0948. The summed E-state index contributed by atoms with van der Waals surface area (Å²) >= 11 is 0. The number of likely N-dealkylation sites (tertiary alicyclic amines) is 1. The molecule has 9 heteroatoms. The third-order valence-electron chi connectivity index (χ3n) is 5.33. The molecule has 3 rings (SSSR count). The maximum absolute atomic E-state index is 13.0. The van der Waals surface area contributed by atoms with Crippen LogP contribution in [0.5, 0.6) is 0 Å². The van der Waals surface area contributed by atoms with E-state index >= 15 is 0 Å². The lowest BCUT2D eigenvalue weighted by Crippen LogP contribution is -2.36. The van der Waals surface area contributed by atoms with Gasteiger partial charge in [-0.05, 0) is 51.1 Å². The van der Waals surface area contributed by atoms with Gasteiger partial charge in [-0.25, -0.2) is 12.7 Å². The quantitative estimate of drug-likeness (QED) is 0.724. The van der Waals surface area contributed by atoms with Crippen molar-refractivity contribution in [3.63, 3.8) is 0 Å². The topological polar surface area (TPSA) is 91.7 Å². The van der Waals surface area contributed by atoms with Crippen LogP contribution < -0.4 is 10.7 Å². The number of hydrogen-bond acceptors (Lipinski definition) is 5. The Balaban J connectivity index is 1.95. The van der Waals surface area contributed by atoms with Crippen LogP contribution in [0.4, 0.5) is 0 Å². The van der Waals surface area contributed by atoms with Crippen LogP contribution in [0.1, 0.15) is 30.1 Å². The van der Waals surface area contributed by atoms with Gasteiger partial charge < -0.3 is 14.8 Å². The number of nitrogens with one attached hydrogen (secondary N) is 1. The summed E-state index contributed by atoms with van der Waals surface area (Å²) < 4.78 is 27.8. The summed E-state index contributed by atoms with van der Waals surface area (Å²) in [6.45, 7) is 5.76. The number of pyridine rings is 1. The van der Waals surface area contributed by atoms with Crippen LogP contribution in [-0.2, 0) is 16.6 Å². The van der Waals surface area contributed by atoms with E-state index in [0.29, 0.717) is 18.6 Å². The Morgan fingerprint density at radius 2 is 1.90 bits per heavy atom. The summed E-state index contributed by atoms with van der Waals surface area (Å²) in [6, 6.07) is 4.46. The number of nitrogens with zero attached hydrogens (tertiary/aromatic N) is 3. The number of sulfonamides is 1. The van der Waals surface area contributed by atoms with Gasteiger partial charge in [0.2, 0.25) is 15.5 Å². The fourth-order valence-electron chi connectivity index (χ4n) is 3.60. The Morgan fingerprint density at radius 3 is 2.52 bits per heavy atom. The molecular formula is C20H28N4O4S. The highest BCUT2D eigenvalue weighted by Crippen LogP contribution is 2.20. The van der Waals surface area contributed by atoms with Crippen LogP contribution in [0, 0.1) is 0 Å². The average molecular weight is 421 g/mol. The molecule has 0 aliphatic carbocycles. The van der Waals surface area contributed by atoms with Crippen molar-refractivity contribution in [2.24, 2.45) is 0 Å². The number of rotatable bonds is 7. The number of amides is 1. The van der Waals surface area contributed by atoms with E-state index < -0.39 is 21.4 Å². The van der Waals surface area contributed by atoms with E-state index in [9.17, 15) is 18.0 Å².